The van der Waals surface area contributed by atoms with Crippen LogP contribution in [0, 0.1) is 12.7 Å². The third-order valence-corrected chi connectivity index (χ3v) is 7.28. The quantitative estimate of drug-likeness (QED) is 0.234. The van der Waals surface area contributed by atoms with E-state index in [0.717, 1.165) is 25.2 Å². The largest absolute Gasteiger partial charge is 0.456 e. The molecule has 9 heteroatoms. The molecule has 0 bridgehead atoms. The maximum Gasteiger partial charge on any atom is 0.398 e. The van der Waals surface area contributed by atoms with Gasteiger partial charge in [0, 0.05) is 37.6 Å². The van der Waals surface area contributed by atoms with Crippen LogP contribution in [-0.2, 0) is 6.54 Å². The third-order valence-electron chi connectivity index (χ3n) is 5.74. The fourth-order valence-corrected chi connectivity index (χ4v) is 4.90. The molecular weight excluding hydrogens is 500 g/mol. The summed E-state index contributed by atoms with van der Waals surface area (Å²) >= 11 is 6.84. The van der Waals surface area contributed by atoms with E-state index >= 15 is 0 Å². The van der Waals surface area contributed by atoms with Gasteiger partial charge < -0.3 is 9.64 Å². The minimum absolute atomic E-state index is 0.362. The molecule has 0 saturated carbocycles. The van der Waals surface area contributed by atoms with Crippen LogP contribution in [0.5, 0.6) is 11.5 Å². The number of hydrogen-bond acceptors (Lipinski definition) is 4. The van der Waals surface area contributed by atoms with E-state index in [1.807, 2.05) is 47.4 Å². The zero-order valence-electron chi connectivity index (χ0n) is 19.1. The van der Waals surface area contributed by atoms with Gasteiger partial charge in [0.25, 0.3) is 0 Å². The standard InChI is InChI=1S/C26H25ClF4N2OS/c1-18-14-22(28)23(15-25(18)35-17-26(29,30)31)33-12-10-32(11-13-33)16-19-6-8-20(9-7-19)34-24-5-3-2-4-21(24)27/h2-9,14-15H,10-13,16-17H2,1H3. The Kier molecular flexibility index (Phi) is 8.14. The Morgan fingerprint density at radius 3 is 2.31 bits per heavy atom. The van der Waals surface area contributed by atoms with Gasteiger partial charge >= 0.3 is 6.18 Å². The molecular formula is C26H25ClF4N2OS. The highest BCUT2D eigenvalue weighted by molar-refractivity contribution is 7.99. The Labute approximate surface area is 211 Å². The molecule has 1 aliphatic heterocycles. The molecule has 1 saturated heterocycles. The zero-order valence-corrected chi connectivity index (χ0v) is 20.7. The maximum atomic E-state index is 14.6. The van der Waals surface area contributed by atoms with Gasteiger partial charge in [0.2, 0.25) is 0 Å². The predicted molar refractivity (Wildman–Crippen MR) is 133 cm³/mol. The van der Waals surface area contributed by atoms with Crippen LogP contribution in [0.25, 0.3) is 0 Å². The van der Waals surface area contributed by atoms with E-state index in [1.54, 1.807) is 19.1 Å². The molecule has 3 aromatic carbocycles. The van der Waals surface area contributed by atoms with Crippen LogP contribution < -0.4 is 9.64 Å². The van der Waals surface area contributed by atoms with Gasteiger partial charge in [-0.15, -0.1) is 11.8 Å². The van der Waals surface area contributed by atoms with Crippen LogP contribution in [0.15, 0.2) is 65.6 Å². The normalized spacial score (nSPS) is 14.9. The summed E-state index contributed by atoms with van der Waals surface area (Å²) in [5, 5.41) is 0.547. The number of rotatable bonds is 7. The highest BCUT2D eigenvalue weighted by Gasteiger charge is 2.28. The lowest BCUT2D eigenvalue weighted by molar-refractivity contribution is -0.105. The fraction of sp³-hybridized carbons (Fsp3) is 0.308. The average molecular weight is 525 g/mol. The fourth-order valence-electron chi connectivity index (χ4n) is 3.92. The van der Waals surface area contributed by atoms with Gasteiger partial charge in [-0.25, -0.2) is 4.39 Å². The minimum atomic E-state index is -4.27. The van der Waals surface area contributed by atoms with Crippen LogP contribution >= 0.6 is 23.4 Å². The van der Waals surface area contributed by atoms with Crippen molar-refractivity contribution in [3.63, 3.8) is 0 Å². The zero-order chi connectivity index (χ0) is 25.0. The number of anilines is 1. The van der Waals surface area contributed by atoms with Gasteiger partial charge in [-0.05, 0) is 54.4 Å². The van der Waals surface area contributed by atoms with Crippen molar-refractivity contribution in [2.45, 2.75) is 24.5 Å². The molecule has 4 rings (SSSR count). The third kappa shape index (κ3) is 7.06. The number of ether oxygens (including phenoxy) is 1. The van der Waals surface area contributed by atoms with E-state index in [0.29, 0.717) is 57.5 Å². The summed E-state index contributed by atoms with van der Waals surface area (Å²) < 4.78 is 58.4. The first-order valence-electron chi connectivity index (χ1n) is 11.2. The van der Waals surface area contributed by atoms with E-state index in [9.17, 15) is 17.6 Å². The molecule has 0 N–H and O–H groups in total. The Morgan fingerprint density at radius 1 is 0.971 bits per heavy atom. The number of thioether (sulfide) groups is 1. The summed E-state index contributed by atoms with van der Waals surface area (Å²) in [7, 11) is 0. The van der Waals surface area contributed by atoms with Crippen molar-refractivity contribution >= 4 is 29.1 Å². The molecule has 0 aromatic heterocycles. The average Bonchev–Trinajstić information content (AvgIpc) is 2.81. The highest BCUT2D eigenvalue weighted by Crippen LogP contribution is 2.34. The van der Waals surface area contributed by atoms with Crippen LogP contribution in [-0.4, -0.2) is 43.0 Å². The lowest BCUT2D eigenvalue weighted by atomic mass is 10.1. The smallest absolute Gasteiger partial charge is 0.398 e. The number of nitrogens with zero attached hydrogens (tertiary/aromatic N) is 2. The Morgan fingerprint density at radius 2 is 1.66 bits per heavy atom. The molecule has 35 heavy (non-hydrogen) atoms. The number of benzene rings is 3. The van der Waals surface area contributed by atoms with E-state index in [4.69, 9.17) is 16.3 Å². The molecule has 1 fully saturated rings. The molecule has 1 heterocycles. The lowest BCUT2D eigenvalue weighted by Gasteiger charge is -2.36. The van der Waals surface area contributed by atoms with Crippen molar-refractivity contribution in [3.8, 4) is 11.5 Å². The van der Waals surface area contributed by atoms with Crippen molar-refractivity contribution in [2.75, 3.05) is 36.8 Å². The van der Waals surface area contributed by atoms with Gasteiger partial charge in [0.05, 0.1) is 16.5 Å². The number of aryl methyl sites for hydroxylation is 1. The Balaban J connectivity index is 1.33. The second-order valence-electron chi connectivity index (χ2n) is 8.41. The molecule has 0 radical (unpaired) electrons. The van der Waals surface area contributed by atoms with Crippen molar-refractivity contribution in [3.05, 3.63) is 82.6 Å². The van der Waals surface area contributed by atoms with Crippen LogP contribution in [0.4, 0.5) is 23.2 Å². The first kappa shape index (κ1) is 25.7. The van der Waals surface area contributed by atoms with E-state index in [2.05, 4.69) is 4.90 Å². The molecule has 3 aromatic rings. The van der Waals surface area contributed by atoms with E-state index in [-0.39, 0.29) is 0 Å². The monoisotopic (exact) mass is 524 g/mol. The summed E-state index contributed by atoms with van der Waals surface area (Å²) in [6.45, 7) is 5.00. The summed E-state index contributed by atoms with van der Waals surface area (Å²) in [4.78, 5) is 4.63. The second kappa shape index (κ2) is 11.1. The lowest BCUT2D eigenvalue weighted by Crippen LogP contribution is -2.46. The van der Waals surface area contributed by atoms with E-state index < -0.39 is 17.7 Å². The Bertz CT molecular complexity index is 1150. The van der Waals surface area contributed by atoms with Crippen LogP contribution in [0.2, 0.25) is 5.02 Å². The minimum Gasteiger partial charge on any atom is -0.456 e. The van der Waals surface area contributed by atoms with Gasteiger partial charge in [-0.3, -0.25) is 4.90 Å². The Hall–Kier alpha value is -2.42. The molecule has 0 atom stereocenters. The topological polar surface area (TPSA) is 15.7 Å². The number of halogens is 5. The number of hydrogen-bond donors (Lipinski definition) is 0. The van der Waals surface area contributed by atoms with Crippen molar-refractivity contribution < 1.29 is 22.3 Å². The summed E-state index contributed by atoms with van der Waals surface area (Å²) in [6, 6.07) is 18.0. The number of alkyl halides is 3. The van der Waals surface area contributed by atoms with Gasteiger partial charge in [0.1, 0.15) is 17.3 Å². The van der Waals surface area contributed by atoms with Crippen molar-refractivity contribution in [2.24, 2.45) is 0 Å². The van der Waals surface area contributed by atoms with Crippen molar-refractivity contribution in [1.82, 2.24) is 4.90 Å². The summed E-state index contributed by atoms with van der Waals surface area (Å²) in [5.41, 5.74) is 2.00. The molecule has 3 nitrogen and oxygen atoms in total. The number of piperazine rings is 1. The molecule has 0 amide bonds. The first-order chi connectivity index (χ1) is 16.7. The summed E-state index contributed by atoms with van der Waals surface area (Å²) in [5.74, 6) is -0.0991. The van der Waals surface area contributed by atoms with Crippen LogP contribution in [0.3, 0.4) is 0 Å². The van der Waals surface area contributed by atoms with E-state index in [1.165, 1.54) is 6.07 Å². The predicted octanol–water partition coefficient (Wildman–Crippen LogP) is 7.56. The summed E-state index contributed by atoms with van der Waals surface area (Å²) in [6.07, 6.45) is -4.27. The van der Waals surface area contributed by atoms with Gasteiger partial charge in [-0.1, -0.05) is 35.9 Å². The number of para-hydroxylation sites is 1. The van der Waals surface area contributed by atoms with Gasteiger partial charge in [-0.2, -0.15) is 13.2 Å². The second-order valence-corrected chi connectivity index (χ2v) is 9.84. The maximum absolute atomic E-state index is 14.6. The molecule has 186 valence electrons. The highest BCUT2D eigenvalue weighted by atomic mass is 35.5. The molecule has 0 spiro atoms. The van der Waals surface area contributed by atoms with Gasteiger partial charge in [0.15, 0.2) is 0 Å². The molecule has 1 aliphatic rings. The first-order valence-corrected chi connectivity index (χ1v) is 12.5. The SMILES string of the molecule is Cc1cc(F)c(N2CCN(Cc3ccc(Oc4ccccc4Cl)cc3)CC2)cc1SCC(F)(F)F. The molecule has 0 aliphatic carbocycles. The van der Waals surface area contributed by atoms with Crippen molar-refractivity contribution in [1.29, 1.82) is 0 Å². The molecule has 0 unspecified atom stereocenters. The van der Waals surface area contributed by atoms with Crippen LogP contribution in [0.1, 0.15) is 11.1 Å².